The van der Waals surface area contributed by atoms with E-state index in [9.17, 15) is 18.5 Å². The minimum absolute atomic E-state index is 0.0658. The topological polar surface area (TPSA) is 99.1 Å². The number of sulfonamides is 1. The van der Waals surface area contributed by atoms with Gasteiger partial charge in [-0.05, 0) is 24.3 Å². The number of aryl methyl sites for hydroxylation is 1. The Labute approximate surface area is 170 Å². The fourth-order valence-corrected chi connectivity index (χ4v) is 4.88. The molecule has 2 heterocycles. The van der Waals surface area contributed by atoms with Crippen molar-refractivity contribution < 1.29 is 23.0 Å². The molecule has 0 saturated carbocycles. The van der Waals surface area contributed by atoms with Crippen LogP contribution in [-0.2, 0) is 28.4 Å². The van der Waals surface area contributed by atoms with Crippen molar-refractivity contribution in [2.75, 3.05) is 39.4 Å². The summed E-state index contributed by atoms with van der Waals surface area (Å²) in [6, 6.07) is 8.84. The fraction of sp³-hybridized carbons (Fsp3) is 0.474. The minimum atomic E-state index is -3.78. The van der Waals surface area contributed by atoms with Crippen LogP contribution in [0, 0.1) is 10.1 Å². The lowest BCUT2D eigenvalue weighted by Crippen LogP contribution is -3.14. The Morgan fingerprint density at radius 1 is 1.21 bits per heavy atom. The monoisotopic (exact) mass is 423 g/mol. The highest BCUT2D eigenvalue weighted by Crippen LogP contribution is 2.21. The molecule has 0 radical (unpaired) electrons. The average Bonchev–Trinajstić information content (AvgIpc) is 3.12. The molecule has 1 aromatic heterocycles. The molecule has 0 aliphatic carbocycles. The molecule has 1 N–H and O–H groups in total. The van der Waals surface area contributed by atoms with E-state index in [2.05, 4.69) is 0 Å². The lowest BCUT2D eigenvalue weighted by molar-refractivity contribution is -0.908. The number of morpholine rings is 1. The molecule has 2 aromatic rings. The van der Waals surface area contributed by atoms with Gasteiger partial charge in [-0.25, -0.2) is 8.42 Å². The Morgan fingerprint density at radius 3 is 2.48 bits per heavy atom. The summed E-state index contributed by atoms with van der Waals surface area (Å²) >= 11 is 0. The van der Waals surface area contributed by atoms with Crippen molar-refractivity contribution in [1.82, 2.24) is 8.87 Å². The predicted octanol–water partition coefficient (Wildman–Crippen LogP) is 0.429. The molecule has 29 heavy (non-hydrogen) atoms. The number of nitrogens with one attached hydrogen (secondary N) is 1. The van der Waals surface area contributed by atoms with Crippen LogP contribution in [0.2, 0.25) is 0 Å². The first kappa shape index (κ1) is 21.4. The molecule has 0 bridgehead atoms. The molecule has 0 unspecified atom stereocenters. The van der Waals surface area contributed by atoms with Crippen LogP contribution in [0.25, 0.3) is 0 Å². The smallest absolute Gasteiger partial charge is 0.269 e. The Hall–Kier alpha value is -2.27. The number of nitro benzene ring substituents is 1. The summed E-state index contributed by atoms with van der Waals surface area (Å²) in [6.07, 6.45) is 2.61. The first-order chi connectivity index (χ1) is 13.9. The molecular weight excluding hydrogens is 396 g/mol. The van der Waals surface area contributed by atoms with Gasteiger partial charge in [0.15, 0.2) is 0 Å². The van der Waals surface area contributed by atoms with Gasteiger partial charge < -0.3 is 14.2 Å². The maximum Gasteiger partial charge on any atom is 0.269 e. The highest BCUT2D eigenvalue weighted by Gasteiger charge is 2.26. The highest BCUT2D eigenvalue weighted by molar-refractivity contribution is 7.89. The summed E-state index contributed by atoms with van der Waals surface area (Å²) in [6.45, 7) is 4.87. The van der Waals surface area contributed by atoms with E-state index in [4.69, 9.17) is 4.74 Å². The first-order valence-corrected chi connectivity index (χ1v) is 11.1. The van der Waals surface area contributed by atoms with Crippen molar-refractivity contribution in [3.8, 4) is 0 Å². The zero-order valence-electron chi connectivity index (χ0n) is 16.5. The third-order valence-electron chi connectivity index (χ3n) is 5.21. The number of nitrogens with zero attached hydrogens (tertiary/aromatic N) is 3. The van der Waals surface area contributed by atoms with Crippen LogP contribution in [-0.4, -0.2) is 61.6 Å². The van der Waals surface area contributed by atoms with Crippen molar-refractivity contribution in [3.63, 3.8) is 0 Å². The van der Waals surface area contributed by atoms with Gasteiger partial charge in [0.25, 0.3) is 5.69 Å². The Kier molecular flexibility index (Phi) is 7.01. The maximum absolute atomic E-state index is 13.3. The molecule has 9 nitrogen and oxygen atoms in total. The molecular formula is C19H27N4O5S+. The van der Waals surface area contributed by atoms with Gasteiger partial charge in [0.05, 0.1) is 36.1 Å². The summed E-state index contributed by atoms with van der Waals surface area (Å²) < 4.78 is 35.2. The molecule has 10 heteroatoms. The van der Waals surface area contributed by atoms with Crippen molar-refractivity contribution in [2.45, 2.75) is 17.9 Å². The molecule has 3 rings (SSSR count). The zero-order valence-corrected chi connectivity index (χ0v) is 17.3. The number of nitro groups is 1. The predicted molar refractivity (Wildman–Crippen MR) is 107 cm³/mol. The quantitative estimate of drug-likeness (QED) is 0.466. The number of hydrogen-bond donors (Lipinski definition) is 1. The van der Waals surface area contributed by atoms with E-state index in [0.29, 0.717) is 6.54 Å². The third-order valence-corrected chi connectivity index (χ3v) is 7.07. The standard InChI is InChI=1S/C19H26N4O5S/c1-20-9-2-4-18(20)16-22(11-3-10-21-12-14-28-15-13-21)29(26,27)19-7-5-17(6-8-19)23(24)25/h2,4-9H,3,10-16H2,1H3/p+1. The van der Waals surface area contributed by atoms with Crippen LogP contribution in [0.15, 0.2) is 47.5 Å². The first-order valence-electron chi connectivity index (χ1n) is 9.64. The summed E-state index contributed by atoms with van der Waals surface area (Å²) in [5, 5.41) is 10.9. The highest BCUT2D eigenvalue weighted by atomic mass is 32.2. The second-order valence-corrected chi connectivity index (χ2v) is 9.10. The van der Waals surface area contributed by atoms with Crippen LogP contribution in [0.1, 0.15) is 12.1 Å². The second-order valence-electron chi connectivity index (χ2n) is 7.17. The van der Waals surface area contributed by atoms with E-state index in [-0.39, 0.29) is 17.1 Å². The van der Waals surface area contributed by atoms with Crippen molar-refractivity contribution in [3.05, 3.63) is 58.4 Å². The second kappa shape index (κ2) is 9.49. The van der Waals surface area contributed by atoms with Crippen LogP contribution in [0.5, 0.6) is 0 Å². The van der Waals surface area contributed by atoms with E-state index >= 15 is 0 Å². The van der Waals surface area contributed by atoms with Gasteiger partial charge in [0, 0.05) is 44.0 Å². The molecule has 0 spiro atoms. The normalized spacial score (nSPS) is 15.7. The third kappa shape index (κ3) is 5.41. The van der Waals surface area contributed by atoms with Gasteiger partial charge in [-0.2, -0.15) is 4.31 Å². The minimum Gasteiger partial charge on any atom is -0.370 e. The van der Waals surface area contributed by atoms with Crippen LogP contribution < -0.4 is 4.90 Å². The zero-order chi connectivity index (χ0) is 20.9. The lowest BCUT2D eigenvalue weighted by atomic mass is 10.3. The Morgan fingerprint density at radius 2 is 1.90 bits per heavy atom. The van der Waals surface area contributed by atoms with Gasteiger partial charge in [0.1, 0.15) is 13.1 Å². The number of aromatic nitrogens is 1. The van der Waals surface area contributed by atoms with E-state index in [1.165, 1.54) is 33.5 Å². The average molecular weight is 424 g/mol. The van der Waals surface area contributed by atoms with Crippen LogP contribution in [0.4, 0.5) is 5.69 Å². The Bertz CT molecular complexity index is 920. The molecule has 158 valence electrons. The summed E-state index contributed by atoms with van der Waals surface area (Å²) in [5.41, 5.74) is 0.753. The summed E-state index contributed by atoms with van der Waals surface area (Å²) in [7, 11) is -1.90. The van der Waals surface area contributed by atoms with Gasteiger partial charge in [-0.15, -0.1) is 0 Å². The lowest BCUT2D eigenvalue weighted by Gasteiger charge is -2.26. The fourth-order valence-electron chi connectivity index (χ4n) is 3.43. The van der Waals surface area contributed by atoms with Crippen molar-refractivity contribution >= 4 is 15.7 Å². The molecule has 1 saturated heterocycles. The van der Waals surface area contributed by atoms with Crippen molar-refractivity contribution in [1.29, 1.82) is 0 Å². The number of non-ortho nitro benzene ring substituents is 1. The number of benzene rings is 1. The van der Waals surface area contributed by atoms with E-state index < -0.39 is 14.9 Å². The number of hydrogen-bond acceptors (Lipinski definition) is 5. The van der Waals surface area contributed by atoms with Gasteiger partial charge in [-0.1, -0.05) is 0 Å². The maximum atomic E-state index is 13.3. The van der Waals surface area contributed by atoms with E-state index in [1.54, 1.807) is 0 Å². The number of ether oxygens (including phenoxy) is 1. The number of quaternary nitrogens is 1. The molecule has 1 aromatic carbocycles. The largest absolute Gasteiger partial charge is 0.370 e. The van der Waals surface area contributed by atoms with Gasteiger partial charge in [-0.3, -0.25) is 10.1 Å². The molecule has 0 atom stereocenters. The van der Waals surface area contributed by atoms with Gasteiger partial charge in [0.2, 0.25) is 10.0 Å². The molecule has 1 fully saturated rings. The summed E-state index contributed by atoms with van der Waals surface area (Å²) in [4.78, 5) is 11.8. The van der Waals surface area contributed by atoms with Crippen LogP contribution >= 0.6 is 0 Å². The Balaban J connectivity index is 1.76. The summed E-state index contributed by atoms with van der Waals surface area (Å²) in [5.74, 6) is 0. The SMILES string of the molecule is Cn1cccc1CN(CCC[NH+]1CCOCC1)S(=O)(=O)c1ccc([N+](=O)[O-])cc1. The molecule has 1 aliphatic heterocycles. The van der Waals surface area contributed by atoms with Crippen molar-refractivity contribution in [2.24, 2.45) is 7.05 Å². The molecule has 0 amide bonds. The van der Waals surface area contributed by atoms with Gasteiger partial charge >= 0.3 is 0 Å². The number of rotatable bonds is 9. The molecule has 1 aliphatic rings. The van der Waals surface area contributed by atoms with Crippen LogP contribution in [0.3, 0.4) is 0 Å². The van der Waals surface area contributed by atoms with E-state index in [1.807, 2.05) is 29.9 Å². The van der Waals surface area contributed by atoms with E-state index in [0.717, 1.165) is 45.0 Å².